The van der Waals surface area contributed by atoms with Crippen molar-refractivity contribution >= 4 is 32.7 Å². The molecule has 0 saturated heterocycles. The maximum Gasteiger partial charge on any atom is 0.206 e. The predicted octanol–water partition coefficient (Wildman–Crippen LogP) is 9.90. The number of halogens is 2. The minimum atomic E-state index is -0.566. The lowest BCUT2D eigenvalue weighted by atomic mass is 9.89. The number of rotatable bonds is 11. The fourth-order valence-corrected chi connectivity index (χ4v) is 6.53. The van der Waals surface area contributed by atoms with Crippen molar-refractivity contribution in [2.45, 2.75) is 79.7 Å². The van der Waals surface area contributed by atoms with Gasteiger partial charge in [0.15, 0.2) is 5.83 Å². The summed E-state index contributed by atoms with van der Waals surface area (Å²) in [5, 5.41) is 10.5. The molecule has 3 rings (SSSR count). The van der Waals surface area contributed by atoms with Gasteiger partial charge in [-0.2, -0.15) is 5.26 Å². The van der Waals surface area contributed by atoms with Gasteiger partial charge in [0.25, 0.3) is 0 Å². The summed E-state index contributed by atoms with van der Waals surface area (Å²) in [6.45, 7) is 18.7. The van der Waals surface area contributed by atoms with Gasteiger partial charge in [0.05, 0.1) is 17.4 Å². The fraction of sp³-hybridized carbons (Fsp3) is 0.471. The molecule has 7 heteroatoms. The van der Waals surface area contributed by atoms with Gasteiger partial charge < -0.3 is 9.64 Å². The summed E-state index contributed by atoms with van der Waals surface area (Å²) in [6.07, 6.45) is 6.84. The molecule has 41 heavy (non-hydrogen) atoms. The minimum Gasteiger partial charge on any atom is -0.481 e. The topological polar surface area (TPSA) is 48.6 Å². The Morgan fingerprint density at radius 1 is 1.15 bits per heavy atom. The Balaban J connectivity index is 2.22. The number of fused-ring (bicyclic) bond motifs is 1. The van der Waals surface area contributed by atoms with E-state index in [9.17, 15) is 9.65 Å². The highest BCUT2D eigenvalue weighted by Gasteiger charge is 2.29. The van der Waals surface area contributed by atoms with Crippen molar-refractivity contribution < 1.29 is 13.5 Å². The van der Waals surface area contributed by atoms with E-state index in [0.717, 1.165) is 29.8 Å². The lowest BCUT2D eigenvalue weighted by Crippen LogP contribution is -2.36. The molecule has 0 aliphatic heterocycles. The number of ether oxygens (including phenoxy) is 1. The van der Waals surface area contributed by atoms with Crippen molar-refractivity contribution in [3.63, 3.8) is 0 Å². The molecular formula is C34H43F2N3OS. The number of methoxy groups -OCH3 is 1. The molecular weight excluding hydrogens is 536 g/mol. The fourth-order valence-electron chi connectivity index (χ4n) is 5.35. The molecule has 220 valence electrons. The van der Waals surface area contributed by atoms with E-state index in [4.69, 9.17) is 4.74 Å². The maximum atomic E-state index is 16.6. The van der Waals surface area contributed by atoms with Gasteiger partial charge in [-0.3, -0.25) is 0 Å². The number of allylic oxidation sites excluding steroid dienone is 6. The van der Waals surface area contributed by atoms with E-state index in [1.165, 1.54) is 24.5 Å². The van der Waals surface area contributed by atoms with Crippen LogP contribution < -0.4 is 0 Å². The van der Waals surface area contributed by atoms with E-state index < -0.39 is 11.6 Å². The van der Waals surface area contributed by atoms with Crippen molar-refractivity contribution in [3.05, 3.63) is 75.7 Å². The molecule has 1 aromatic carbocycles. The van der Waals surface area contributed by atoms with Crippen LogP contribution in [0.1, 0.15) is 89.7 Å². The molecule has 2 unspecified atom stereocenters. The summed E-state index contributed by atoms with van der Waals surface area (Å²) in [4.78, 5) is 7.47. The summed E-state index contributed by atoms with van der Waals surface area (Å²) in [7, 11) is 3.50. The van der Waals surface area contributed by atoms with E-state index in [2.05, 4.69) is 57.3 Å². The Bertz CT molecular complexity index is 1470. The highest BCUT2D eigenvalue weighted by atomic mass is 32.1. The summed E-state index contributed by atoms with van der Waals surface area (Å²) < 4.78 is 37.2. The quantitative estimate of drug-likeness (QED) is 0.249. The lowest BCUT2D eigenvalue weighted by Gasteiger charge is -2.36. The van der Waals surface area contributed by atoms with Crippen LogP contribution in [0.15, 0.2) is 58.8 Å². The van der Waals surface area contributed by atoms with Crippen LogP contribution in [0.3, 0.4) is 0 Å². The predicted molar refractivity (Wildman–Crippen MR) is 169 cm³/mol. The van der Waals surface area contributed by atoms with Gasteiger partial charge in [0, 0.05) is 40.2 Å². The number of hydrogen-bond acceptors (Lipinski definition) is 5. The Morgan fingerprint density at radius 2 is 1.83 bits per heavy atom. The Kier molecular flexibility index (Phi) is 10.7. The molecule has 1 aromatic heterocycles. The van der Waals surface area contributed by atoms with Gasteiger partial charge in [0.2, 0.25) is 5.88 Å². The zero-order chi connectivity index (χ0) is 30.6. The number of benzene rings is 1. The van der Waals surface area contributed by atoms with Crippen LogP contribution in [0.5, 0.6) is 0 Å². The normalized spacial score (nSPS) is 17.4. The van der Waals surface area contributed by atoms with Gasteiger partial charge in [-0.1, -0.05) is 66.2 Å². The lowest BCUT2D eigenvalue weighted by molar-refractivity contribution is 0.213. The maximum absolute atomic E-state index is 16.6. The van der Waals surface area contributed by atoms with Crippen molar-refractivity contribution in [1.29, 1.82) is 5.26 Å². The summed E-state index contributed by atoms with van der Waals surface area (Å²) in [5.41, 5.74) is 2.73. The summed E-state index contributed by atoms with van der Waals surface area (Å²) in [6, 6.07) is 5.41. The molecule has 0 saturated carbocycles. The molecule has 0 fully saturated rings. The summed E-state index contributed by atoms with van der Waals surface area (Å²) in [5.74, 6) is 0.145. The first-order valence-electron chi connectivity index (χ1n) is 14.4. The van der Waals surface area contributed by atoms with Crippen LogP contribution in [0.4, 0.5) is 8.78 Å². The van der Waals surface area contributed by atoms with E-state index >= 15 is 4.39 Å². The minimum absolute atomic E-state index is 0.0270. The van der Waals surface area contributed by atoms with Crippen LogP contribution >= 0.6 is 11.3 Å². The second kappa shape index (κ2) is 13.6. The van der Waals surface area contributed by atoms with E-state index in [-0.39, 0.29) is 29.1 Å². The van der Waals surface area contributed by atoms with Gasteiger partial charge in [-0.05, 0) is 55.7 Å². The highest BCUT2D eigenvalue weighted by Crippen LogP contribution is 2.43. The largest absolute Gasteiger partial charge is 0.481 e. The number of nitrogens with zero attached hydrogens (tertiary/aromatic N) is 3. The van der Waals surface area contributed by atoms with Crippen LogP contribution in [-0.4, -0.2) is 30.8 Å². The molecule has 1 aliphatic rings. The van der Waals surface area contributed by atoms with Crippen LogP contribution in [-0.2, 0) is 4.74 Å². The average molecular weight is 580 g/mol. The highest BCUT2D eigenvalue weighted by molar-refractivity contribution is 7.19. The number of aliphatic imine (C=N–C) groups is 1. The first-order chi connectivity index (χ1) is 19.4. The Labute approximate surface area is 248 Å². The van der Waals surface area contributed by atoms with Gasteiger partial charge >= 0.3 is 0 Å². The van der Waals surface area contributed by atoms with Crippen molar-refractivity contribution in [2.24, 2.45) is 16.8 Å². The van der Waals surface area contributed by atoms with Gasteiger partial charge in [-0.15, -0.1) is 11.3 Å². The number of thiophene rings is 1. The third-order valence-electron chi connectivity index (χ3n) is 8.17. The van der Waals surface area contributed by atoms with Gasteiger partial charge in [-0.25, -0.2) is 13.8 Å². The van der Waals surface area contributed by atoms with Gasteiger partial charge in [0.1, 0.15) is 17.6 Å². The molecule has 2 atom stereocenters. The second-order valence-electron chi connectivity index (χ2n) is 11.5. The first-order valence-corrected chi connectivity index (χ1v) is 15.2. The molecule has 4 nitrogen and oxygen atoms in total. The molecule has 2 aromatic rings. The standard InChI is InChI=1S/C34H43F2N3OS/c1-11-21(6)12-17-29(19(2)3)39(9)22(7)24-13-14-26(31(36)32(24)38-23(8)40-10)25-15-16-28(35)34-30(25)27(18-37)33(41-34)20(4)5/h13-16,19-21,29H,8,11-12,17H2,1-7,9-10H3/b24-22+,38-32+. The molecule has 1 aliphatic carbocycles. The van der Waals surface area contributed by atoms with Crippen molar-refractivity contribution in [1.82, 2.24) is 4.90 Å². The van der Waals surface area contributed by atoms with E-state index in [1.54, 1.807) is 12.1 Å². The molecule has 0 spiro atoms. The third kappa shape index (κ3) is 6.64. The van der Waals surface area contributed by atoms with E-state index in [1.807, 2.05) is 26.8 Å². The second-order valence-corrected chi connectivity index (χ2v) is 12.6. The molecule has 1 heterocycles. The van der Waals surface area contributed by atoms with Crippen molar-refractivity contribution in [2.75, 3.05) is 14.2 Å². The molecule has 0 bridgehead atoms. The first kappa shape index (κ1) is 32.3. The van der Waals surface area contributed by atoms with E-state index in [0.29, 0.717) is 38.6 Å². The Hall–Kier alpha value is -3.24. The number of hydrogen-bond donors (Lipinski definition) is 0. The SMILES string of the molecule is C=C(/N=C1/C(F)=C(c2ccc(F)c3sc(C(C)C)c(C#N)c23)C=C/C1=C(/C)N(C)C(CCC(C)CC)C(C)C)OC. The van der Waals surface area contributed by atoms with Crippen LogP contribution in [0, 0.1) is 29.0 Å². The zero-order valence-electron chi connectivity index (χ0n) is 25.9. The smallest absolute Gasteiger partial charge is 0.206 e. The zero-order valence-corrected chi connectivity index (χ0v) is 26.7. The van der Waals surface area contributed by atoms with Crippen LogP contribution in [0.2, 0.25) is 0 Å². The Morgan fingerprint density at radius 3 is 2.39 bits per heavy atom. The van der Waals surface area contributed by atoms with Crippen LogP contribution in [0.25, 0.3) is 15.7 Å². The van der Waals surface area contributed by atoms with Crippen molar-refractivity contribution in [3.8, 4) is 6.07 Å². The molecule has 0 radical (unpaired) electrons. The third-order valence-corrected chi connectivity index (χ3v) is 9.67. The summed E-state index contributed by atoms with van der Waals surface area (Å²) >= 11 is 1.25. The number of nitriles is 1. The average Bonchev–Trinajstić information content (AvgIpc) is 3.35. The molecule has 0 N–H and O–H groups in total. The monoisotopic (exact) mass is 579 g/mol. The molecule has 0 amide bonds.